The van der Waals surface area contributed by atoms with Crippen molar-refractivity contribution in [2.24, 2.45) is 0 Å². The van der Waals surface area contributed by atoms with Gasteiger partial charge < -0.3 is 14.4 Å². The number of hydrogen-bond acceptors (Lipinski definition) is 4. The van der Waals surface area contributed by atoms with E-state index in [-0.39, 0.29) is 25.0 Å². The van der Waals surface area contributed by atoms with Gasteiger partial charge in [-0.25, -0.2) is 0 Å². The van der Waals surface area contributed by atoms with Crippen molar-refractivity contribution in [2.45, 2.75) is 25.2 Å². The predicted octanol–water partition coefficient (Wildman–Crippen LogP) is 5.64. The minimum atomic E-state index is -4.38. The van der Waals surface area contributed by atoms with E-state index >= 15 is 0 Å². The van der Waals surface area contributed by atoms with Gasteiger partial charge in [-0.05, 0) is 52.6 Å². The third-order valence-electron chi connectivity index (χ3n) is 5.87. The van der Waals surface area contributed by atoms with Crippen LogP contribution in [0.4, 0.5) is 13.2 Å². The van der Waals surface area contributed by atoms with Crippen LogP contribution in [0.1, 0.15) is 39.5 Å². The SMILES string of the molecule is COC(=O)CC1c2ccc(OCc3cccc(-c4ccc(C(F)(F)F)cc4)c3)cc2C(=O)N1C. The minimum Gasteiger partial charge on any atom is -0.489 e. The molecule has 8 heteroatoms. The van der Waals surface area contributed by atoms with Crippen molar-refractivity contribution in [3.63, 3.8) is 0 Å². The third kappa shape index (κ3) is 4.76. The number of ether oxygens (including phenoxy) is 2. The van der Waals surface area contributed by atoms with Crippen LogP contribution in [-0.2, 0) is 22.3 Å². The molecule has 0 radical (unpaired) electrons. The van der Waals surface area contributed by atoms with Gasteiger partial charge in [0.2, 0.25) is 0 Å². The lowest BCUT2D eigenvalue weighted by Gasteiger charge is -2.19. The fourth-order valence-electron chi connectivity index (χ4n) is 3.99. The van der Waals surface area contributed by atoms with E-state index in [1.165, 1.54) is 24.1 Å². The number of fused-ring (bicyclic) bond motifs is 1. The summed E-state index contributed by atoms with van der Waals surface area (Å²) in [6, 6.07) is 17.1. The molecule has 0 spiro atoms. The first-order chi connectivity index (χ1) is 16.2. The summed E-state index contributed by atoms with van der Waals surface area (Å²) in [6.45, 7) is 0.211. The molecule has 1 heterocycles. The second-order valence-electron chi connectivity index (χ2n) is 8.03. The van der Waals surface area contributed by atoms with Crippen molar-refractivity contribution in [2.75, 3.05) is 14.2 Å². The molecular weight excluding hydrogens is 447 g/mol. The molecule has 0 saturated heterocycles. The van der Waals surface area contributed by atoms with Crippen molar-refractivity contribution in [1.29, 1.82) is 0 Å². The molecule has 1 aliphatic rings. The van der Waals surface area contributed by atoms with Crippen LogP contribution in [-0.4, -0.2) is 30.9 Å². The molecule has 0 saturated carbocycles. The Morgan fingerprint density at radius 1 is 1.00 bits per heavy atom. The molecule has 3 aromatic rings. The maximum Gasteiger partial charge on any atom is 0.416 e. The Bertz CT molecular complexity index is 1220. The highest BCUT2D eigenvalue weighted by Gasteiger charge is 2.36. The summed E-state index contributed by atoms with van der Waals surface area (Å²) in [6.07, 6.45) is -4.30. The molecule has 1 atom stereocenters. The average molecular weight is 469 g/mol. The predicted molar refractivity (Wildman–Crippen MR) is 119 cm³/mol. The normalized spacial score (nSPS) is 15.3. The molecule has 0 bridgehead atoms. The maximum absolute atomic E-state index is 12.8. The zero-order valence-electron chi connectivity index (χ0n) is 18.6. The maximum atomic E-state index is 12.8. The standard InChI is InChI=1S/C26H22F3NO4/c1-30-23(14-24(31)33-2)21-11-10-20(13-22(21)25(30)32)34-15-16-4-3-5-18(12-16)17-6-8-19(9-7-17)26(27,28)29/h3-13,23H,14-15H2,1-2H3. The molecule has 0 N–H and O–H groups in total. The fourth-order valence-corrected chi connectivity index (χ4v) is 3.99. The number of hydrogen-bond donors (Lipinski definition) is 0. The Morgan fingerprint density at radius 3 is 2.41 bits per heavy atom. The van der Waals surface area contributed by atoms with Crippen LogP contribution in [0.5, 0.6) is 5.75 Å². The summed E-state index contributed by atoms with van der Waals surface area (Å²) in [4.78, 5) is 25.9. The zero-order chi connectivity index (χ0) is 24.5. The molecule has 0 aliphatic carbocycles. The van der Waals surface area contributed by atoms with E-state index in [0.717, 1.165) is 28.8 Å². The summed E-state index contributed by atoms with van der Waals surface area (Å²) >= 11 is 0. The van der Waals surface area contributed by atoms with E-state index < -0.39 is 17.7 Å². The van der Waals surface area contributed by atoms with Gasteiger partial charge in [0.05, 0.1) is 25.1 Å². The number of halogens is 3. The zero-order valence-corrected chi connectivity index (χ0v) is 18.6. The molecule has 1 amide bonds. The second kappa shape index (κ2) is 9.21. The minimum absolute atomic E-state index is 0.0721. The largest absolute Gasteiger partial charge is 0.489 e. The lowest BCUT2D eigenvalue weighted by atomic mass is 10.0. The summed E-state index contributed by atoms with van der Waals surface area (Å²) in [5, 5.41) is 0. The number of methoxy groups -OCH3 is 1. The molecule has 176 valence electrons. The number of carbonyl (C=O) groups is 2. The molecular formula is C26H22F3NO4. The van der Waals surface area contributed by atoms with Crippen LogP contribution in [0.25, 0.3) is 11.1 Å². The number of rotatable bonds is 6. The molecule has 0 fully saturated rings. The first-order valence-corrected chi connectivity index (χ1v) is 10.5. The monoisotopic (exact) mass is 469 g/mol. The molecule has 1 unspecified atom stereocenters. The van der Waals surface area contributed by atoms with Crippen molar-refractivity contribution in [3.8, 4) is 16.9 Å². The molecule has 3 aromatic carbocycles. The first-order valence-electron chi connectivity index (χ1n) is 10.5. The Kier molecular flexibility index (Phi) is 6.32. The van der Waals surface area contributed by atoms with Gasteiger partial charge in [0.25, 0.3) is 5.91 Å². The van der Waals surface area contributed by atoms with Crippen molar-refractivity contribution < 1.29 is 32.2 Å². The number of esters is 1. The number of carbonyl (C=O) groups excluding carboxylic acids is 2. The number of amides is 1. The molecule has 4 rings (SSSR count). The van der Waals surface area contributed by atoms with Crippen LogP contribution in [0, 0.1) is 0 Å². The van der Waals surface area contributed by atoms with E-state index in [9.17, 15) is 22.8 Å². The Morgan fingerprint density at radius 2 is 1.74 bits per heavy atom. The molecule has 5 nitrogen and oxygen atoms in total. The highest BCUT2D eigenvalue weighted by atomic mass is 19.4. The van der Waals surface area contributed by atoms with Gasteiger partial charge in [-0.1, -0.05) is 36.4 Å². The highest BCUT2D eigenvalue weighted by molar-refractivity contribution is 6.00. The van der Waals surface area contributed by atoms with Crippen molar-refractivity contribution >= 4 is 11.9 Å². The fraction of sp³-hybridized carbons (Fsp3) is 0.231. The lowest BCUT2D eigenvalue weighted by molar-refractivity contribution is -0.141. The van der Waals surface area contributed by atoms with Gasteiger partial charge in [0.1, 0.15) is 12.4 Å². The smallest absolute Gasteiger partial charge is 0.416 e. The van der Waals surface area contributed by atoms with Gasteiger partial charge in [0, 0.05) is 12.6 Å². The Balaban J connectivity index is 1.48. The number of alkyl halides is 3. The van der Waals surface area contributed by atoms with Gasteiger partial charge in [-0.15, -0.1) is 0 Å². The van der Waals surface area contributed by atoms with Gasteiger partial charge >= 0.3 is 12.1 Å². The van der Waals surface area contributed by atoms with E-state index in [0.29, 0.717) is 16.9 Å². The summed E-state index contributed by atoms with van der Waals surface area (Å²) < 4.78 is 49.0. The Hall–Kier alpha value is -3.81. The average Bonchev–Trinajstić information content (AvgIpc) is 3.06. The lowest BCUT2D eigenvalue weighted by Crippen LogP contribution is -2.25. The molecule has 34 heavy (non-hydrogen) atoms. The van der Waals surface area contributed by atoms with Crippen LogP contribution in [0.3, 0.4) is 0 Å². The number of benzene rings is 3. The summed E-state index contributed by atoms with van der Waals surface area (Å²) in [7, 11) is 2.95. The van der Waals surface area contributed by atoms with Gasteiger partial charge in [-0.2, -0.15) is 13.2 Å². The topological polar surface area (TPSA) is 55.8 Å². The third-order valence-corrected chi connectivity index (χ3v) is 5.87. The van der Waals surface area contributed by atoms with Crippen molar-refractivity contribution in [1.82, 2.24) is 4.90 Å². The van der Waals surface area contributed by atoms with Gasteiger partial charge in [-0.3, -0.25) is 9.59 Å². The summed E-state index contributed by atoms with van der Waals surface area (Å²) in [5.74, 6) is -0.0939. The molecule has 1 aliphatic heterocycles. The van der Waals surface area contributed by atoms with Gasteiger partial charge in [0.15, 0.2) is 0 Å². The van der Waals surface area contributed by atoms with E-state index in [1.807, 2.05) is 24.3 Å². The summed E-state index contributed by atoms with van der Waals surface area (Å²) in [5.41, 5.74) is 2.79. The van der Waals surface area contributed by atoms with Crippen LogP contribution < -0.4 is 4.74 Å². The second-order valence-corrected chi connectivity index (χ2v) is 8.03. The van der Waals surface area contributed by atoms with Crippen molar-refractivity contribution in [3.05, 3.63) is 89.0 Å². The van der Waals surface area contributed by atoms with E-state index in [4.69, 9.17) is 9.47 Å². The first kappa shape index (κ1) is 23.4. The van der Waals surface area contributed by atoms with Crippen LogP contribution in [0.2, 0.25) is 0 Å². The van der Waals surface area contributed by atoms with E-state index in [2.05, 4.69) is 0 Å². The molecule has 0 aromatic heterocycles. The van der Waals surface area contributed by atoms with Crippen LogP contribution >= 0.6 is 0 Å². The quantitative estimate of drug-likeness (QED) is 0.439. The highest BCUT2D eigenvalue weighted by Crippen LogP contribution is 2.37. The number of nitrogens with zero attached hydrogens (tertiary/aromatic N) is 1. The Labute approximate surface area is 194 Å². The van der Waals surface area contributed by atoms with Crippen LogP contribution in [0.15, 0.2) is 66.7 Å². The van der Waals surface area contributed by atoms with E-state index in [1.54, 1.807) is 25.2 Å².